The Bertz CT molecular complexity index is 655. The van der Waals surface area contributed by atoms with Crippen LogP contribution in [0.2, 0.25) is 0 Å². The van der Waals surface area contributed by atoms with Crippen molar-refractivity contribution in [3.8, 4) is 0 Å². The van der Waals surface area contributed by atoms with E-state index in [-0.39, 0.29) is 6.54 Å². The third-order valence-corrected chi connectivity index (χ3v) is 3.46. The van der Waals surface area contributed by atoms with Crippen LogP contribution in [0.4, 0.5) is 24.0 Å². The summed E-state index contributed by atoms with van der Waals surface area (Å²) in [5.41, 5.74) is 6.89. The van der Waals surface area contributed by atoms with Gasteiger partial charge in [-0.2, -0.15) is 13.2 Å². The number of hydrogen-bond acceptors (Lipinski definition) is 5. The average molecular weight is 318 g/mol. The van der Waals surface area contributed by atoms with Gasteiger partial charge < -0.3 is 11.1 Å². The maximum Gasteiger partial charge on any atom is 0.401 e. The van der Waals surface area contributed by atoms with Crippen molar-refractivity contribution in [1.82, 2.24) is 9.88 Å². The predicted octanol–water partition coefficient (Wildman–Crippen LogP) is 2.31. The number of nitrogen functional groups attached to an aromatic ring is 1. The Morgan fingerprint density at radius 1 is 1.48 bits per heavy atom. The largest absolute Gasteiger partial charge is 0.401 e. The molecule has 0 aliphatic heterocycles. The van der Waals surface area contributed by atoms with Crippen molar-refractivity contribution < 1.29 is 18.0 Å². The molecule has 2 rings (SSSR count). The summed E-state index contributed by atoms with van der Waals surface area (Å²) in [5.74, 6) is -0.547. The quantitative estimate of drug-likeness (QED) is 0.849. The highest BCUT2D eigenvalue weighted by molar-refractivity contribution is 7.22. The summed E-state index contributed by atoms with van der Waals surface area (Å²) in [7, 11) is 1.23. The highest BCUT2D eigenvalue weighted by atomic mass is 32.1. The highest BCUT2D eigenvalue weighted by Gasteiger charge is 2.29. The fraction of sp³-hybridized carbons (Fsp3) is 0.333. The van der Waals surface area contributed by atoms with Gasteiger partial charge in [-0.05, 0) is 25.2 Å². The first-order chi connectivity index (χ1) is 9.73. The topological polar surface area (TPSA) is 71.2 Å². The van der Waals surface area contributed by atoms with Crippen molar-refractivity contribution in [2.24, 2.45) is 0 Å². The number of hydrogen-bond donors (Lipinski definition) is 2. The molecule has 1 aromatic heterocycles. The average Bonchev–Trinajstić information content (AvgIpc) is 2.66. The lowest BCUT2D eigenvalue weighted by Gasteiger charge is -2.17. The smallest absolute Gasteiger partial charge is 0.399 e. The molecule has 0 unspecified atom stereocenters. The minimum atomic E-state index is -4.33. The van der Waals surface area contributed by atoms with E-state index in [1.165, 1.54) is 18.4 Å². The molecule has 0 spiro atoms. The number of carbonyl (C=O) groups excluding carboxylic acids is 1. The normalized spacial score (nSPS) is 12.0. The van der Waals surface area contributed by atoms with Crippen LogP contribution in [0.3, 0.4) is 0 Å². The van der Waals surface area contributed by atoms with E-state index < -0.39 is 18.6 Å². The van der Waals surface area contributed by atoms with Crippen molar-refractivity contribution in [1.29, 1.82) is 0 Å². The molecule has 9 heteroatoms. The lowest BCUT2D eigenvalue weighted by atomic mass is 10.3. The molecule has 114 valence electrons. The van der Waals surface area contributed by atoms with Crippen LogP contribution in [0.25, 0.3) is 10.2 Å². The Morgan fingerprint density at radius 3 is 2.86 bits per heavy atom. The van der Waals surface area contributed by atoms with Crippen LogP contribution in [-0.2, 0) is 4.79 Å². The van der Waals surface area contributed by atoms with Gasteiger partial charge in [-0.25, -0.2) is 4.98 Å². The number of nitrogens with one attached hydrogen (secondary N) is 1. The zero-order chi connectivity index (χ0) is 15.6. The molecule has 0 atom stereocenters. The first-order valence-electron chi connectivity index (χ1n) is 5.94. The van der Waals surface area contributed by atoms with E-state index in [1.807, 2.05) is 0 Å². The Labute approximate surface area is 122 Å². The van der Waals surface area contributed by atoms with Gasteiger partial charge in [0.2, 0.25) is 5.91 Å². The van der Waals surface area contributed by atoms with Gasteiger partial charge in [-0.15, -0.1) is 0 Å². The fourth-order valence-corrected chi connectivity index (χ4v) is 2.69. The van der Waals surface area contributed by atoms with Gasteiger partial charge in [0.05, 0.1) is 23.3 Å². The van der Waals surface area contributed by atoms with Crippen LogP contribution in [0.15, 0.2) is 18.2 Å². The minimum Gasteiger partial charge on any atom is -0.399 e. The van der Waals surface area contributed by atoms with Gasteiger partial charge in [0.25, 0.3) is 0 Å². The van der Waals surface area contributed by atoms with E-state index in [4.69, 9.17) is 5.73 Å². The lowest BCUT2D eigenvalue weighted by Crippen LogP contribution is -2.36. The van der Waals surface area contributed by atoms with Crippen molar-refractivity contribution in [3.63, 3.8) is 0 Å². The molecule has 21 heavy (non-hydrogen) atoms. The van der Waals surface area contributed by atoms with Crippen molar-refractivity contribution in [2.45, 2.75) is 6.18 Å². The Hall–Kier alpha value is -1.87. The van der Waals surface area contributed by atoms with Gasteiger partial charge in [0, 0.05) is 5.69 Å². The lowest BCUT2D eigenvalue weighted by molar-refractivity contribution is -0.145. The maximum absolute atomic E-state index is 12.2. The second kappa shape index (κ2) is 5.86. The molecule has 3 N–H and O–H groups in total. The van der Waals surface area contributed by atoms with Crippen LogP contribution in [0.5, 0.6) is 0 Å². The minimum absolute atomic E-state index is 0.334. The number of carbonyl (C=O) groups is 1. The van der Waals surface area contributed by atoms with Gasteiger partial charge in [-0.1, -0.05) is 11.3 Å². The molecule has 0 saturated heterocycles. The summed E-state index contributed by atoms with van der Waals surface area (Å²) in [6, 6.07) is 5.12. The third kappa shape index (κ3) is 4.57. The first kappa shape index (κ1) is 15.5. The van der Waals surface area contributed by atoms with Crippen molar-refractivity contribution in [3.05, 3.63) is 18.2 Å². The molecule has 1 heterocycles. The number of fused-ring (bicyclic) bond motifs is 1. The first-order valence-corrected chi connectivity index (χ1v) is 6.76. The molecule has 0 aliphatic carbocycles. The molecule has 0 radical (unpaired) electrons. The SMILES string of the molecule is CN(CC(=O)Nc1nc2ccc(N)cc2s1)CC(F)(F)F. The predicted molar refractivity (Wildman–Crippen MR) is 76.2 cm³/mol. The van der Waals surface area contributed by atoms with Crippen LogP contribution in [0.1, 0.15) is 0 Å². The summed E-state index contributed by atoms with van der Waals surface area (Å²) >= 11 is 1.22. The van der Waals surface area contributed by atoms with Gasteiger partial charge in [0.15, 0.2) is 5.13 Å². The fourth-order valence-electron chi connectivity index (χ4n) is 1.76. The number of thiazole rings is 1. The Kier molecular flexibility index (Phi) is 4.33. The summed E-state index contributed by atoms with van der Waals surface area (Å²) in [6.45, 7) is -1.51. The van der Waals surface area contributed by atoms with Crippen molar-refractivity contribution in [2.75, 3.05) is 31.2 Å². The van der Waals surface area contributed by atoms with Gasteiger partial charge >= 0.3 is 6.18 Å². The second-order valence-electron chi connectivity index (χ2n) is 4.58. The van der Waals surface area contributed by atoms with E-state index in [2.05, 4.69) is 10.3 Å². The molecule has 0 aliphatic rings. The standard InChI is InChI=1S/C12H13F3N4OS/c1-19(6-12(13,14)15)5-10(20)18-11-17-8-3-2-7(16)4-9(8)21-11/h2-4H,5-6,16H2,1H3,(H,17,18,20). The van der Waals surface area contributed by atoms with Crippen LogP contribution in [0, 0.1) is 0 Å². The van der Waals surface area contributed by atoms with E-state index in [1.54, 1.807) is 18.2 Å². The number of alkyl halides is 3. The van der Waals surface area contributed by atoms with E-state index >= 15 is 0 Å². The van der Waals surface area contributed by atoms with E-state index in [9.17, 15) is 18.0 Å². The number of rotatable bonds is 4. The molecular weight excluding hydrogens is 305 g/mol. The molecule has 1 aromatic carbocycles. The zero-order valence-electron chi connectivity index (χ0n) is 11.1. The highest BCUT2D eigenvalue weighted by Crippen LogP contribution is 2.27. The molecule has 5 nitrogen and oxygen atoms in total. The Balaban J connectivity index is 1.98. The summed E-state index contributed by atoms with van der Waals surface area (Å²) in [4.78, 5) is 16.7. The summed E-state index contributed by atoms with van der Waals surface area (Å²) in [6.07, 6.45) is -4.33. The number of halogens is 3. The molecule has 0 fully saturated rings. The van der Waals surface area contributed by atoms with Gasteiger partial charge in [-0.3, -0.25) is 9.69 Å². The molecule has 2 aromatic rings. The van der Waals surface area contributed by atoms with E-state index in [0.717, 1.165) is 9.60 Å². The van der Waals surface area contributed by atoms with E-state index in [0.29, 0.717) is 16.3 Å². The third-order valence-electron chi connectivity index (χ3n) is 2.52. The van der Waals surface area contributed by atoms with Crippen LogP contribution >= 0.6 is 11.3 Å². The molecule has 1 amide bonds. The number of likely N-dealkylation sites (N-methyl/N-ethyl adjacent to an activating group) is 1. The number of benzene rings is 1. The number of amides is 1. The molecule has 0 bridgehead atoms. The van der Waals surface area contributed by atoms with Crippen LogP contribution in [-0.4, -0.2) is 42.1 Å². The summed E-state index contributed by atoms with van der Waals surface area (Å²) in [5, 5.41) is 2.82. The summed E-state index contributed by atoms with van der Waals surface area (Å²) < 4.78 is 37.3. The number of nitrogens with zero attached hydrogens (tertiary/aromatic N) is 2. The molecule has 0 saturated carbocycles. The van der Waals surface area contributed by atoms with Crippen LogP contribution < -0.4 is 11.1 Å². The monoisotopic (exact) mass is 318 g/mol. The van der Waals surface area contributed by atoms with Gasteiger partial charge in [0.1, 0.15) is 0 Å². The number of aromatic nitrogens is 1. The van der Waals surface area contributed by atoms with Crippen molar-refractivity contribution >= 4 is 38.3 Å². The Morgan fingerprint density at radius 2 is 2.19 bits per heavy atom. The number of anilines is 2. The zero-order valence-corrected chi connectivity index (χ0v) is 11.9. The second-order valence-corrected chi connectivity index (χ2v) is 5.61. The number of nitrogens with two attached hydrogens (primary N) is 1. The molecular formula is C12H13F3N4OS. The maximum atomic E-state index is 12.2.